The smallest absolute Gasteiger partial charge is 0.337 e. The van der Waals surface area contributed by atoms with Crippen LogP contribution in [0.5, 0.6) is 0 Å². The summed E-state index contributed by atoms with van der Waals surface area (Å²) in [5, 5.41) is 0. The van der Waals surface area contributed by atoms with Gasteiger partial charge in [0.05, 0.1) is 12.7 Å². The van der Waals surface area contributed by atoms with E-state index in [0.29, 0.717) is 12.1 Å². The standard InChI is InChI=1S/C18H16N2O2/c1-22-18(21)16-9-7-14(8-10-16)13-20-12-11-19-17(20)15-5-3-2-4-6-15/h2-12H,13H2,1H3. The van der Waals surface area contributed by atoms with Crippen molar-refractivity contribution in [2.45, 2.75) is 6.54 Å². The summed E-state index contributed by atoms with van der Waals surface area (Å²) in [6, 6.07) is 17.5. The molecule has 4 heteroatoms. The molecule has 0 spiro atoms. The first-order chi connectivity index (χ1) is 10.8. The van der Waals surface area contributed by atoms with Gasteiger partial charge in [0.25, 0.3) is 0 Å². The SMILES string of the molecule is COC(=O)c1ccc(Cn2ccnc2-c2ccccc2)cc1. The summed E-state index contributed by atoms with van der Waals surface area (Å²) < 4.78 is 6.79. The van der Waals surface area contributed by atoms with Crippen molar-refractivity contribution in [2.75, 3.05) is 7.11 Å². The normalized spacial score (nSPS) is 10.4. The van der Waals surface area contributed by atoms with Gasteiger partial charge in [0.15, 0.2) is 0 Å². The lowest BCUT2D eigenvalue weighted by Gasteiger charge is -2.08. The Labute approximate surface area is 129 Å². The van der Waals surface area contributed by atoms with E-state index < -0.39 is 0 Å². The number of ether oxygens (including phenoxy) is 1. The molecule has 0 aliphatic carbocycles. The van der Waals surface area contributed by atoms with Crippen LogP contribution >= 0.6 is 0 Å². The third-order valence-electron chi connectivity index (χ3n) is 3.48. The van der Waals surface area contributed by atoms with Crippen molar-refractivity contribution in [1.82, 2.24) is 9.55 Å². The first-order valence-electron chi connectivity index (χ1n) is 7.02. The Hall–Kier alpha value is -2.88. The Bertz CT molecular complexity index is 761. The largest absolute Gasteiger partial charge is 0.465 e. The highest BCUT2D eigenvalue weighted by Gasteiger charge is 2.07. The van der Waals surface area contributed by atoms with Crippen molar-refractivity contribution in [3.63, 3.8) is 0 Å². The fourth-order valence-corrected chi connectivity index (χ4v) is 2.35. The van der Waals surface area contributed by atoms with Gasteiger partial charge in [-0.2, -0.15) is 0 Å². The second-order valence-corrected chi connectivity index (χ2v) is 4.93. The molecule has 0 amide bonds. The van der Waals surface area contributed by atoms with Crippen LogP contribution in [0.2, 0.25) is 0 Å². The van der Waals surface area contributed by atoms with Crippen molar-refractivity contribution >= 4 is 5.97 Å². The second kappa shape index (κ2) is 6.26. The Kier molecular flexibility index (Phi) is 4.01. The number of aromatic nitrogens is 2. The molecule has 22 heavy (non-hydrogen) atoms. The second-order valence-electron chi connectivity index (χ2n) is 4.93. The quantitative estimate of drug-likeness (QED) is 0.692. The predicted octanol–water partition coefficient (Wildman–Crippen LogP) is 3.39. The monoisotopic (exact) mass is 292 g/mol. The van der Waals surface area contributed by atoms with Crippen molar-refractivity contribution < 1.29 is 9.53 Å². The molecule has 1 heterocycles. The first-order valence-corrected chi connectivity index (χ1v) is 7.02. The maximum atomic E-state index is 11.4. The molecular formula is C18H16N2O2. The molecule has 3 aromatic rings. The number of carbonyl (C=O) groups is 1. The Morgan fingerprint density at radius 3 is 2.50 bits per heavy atom. The van der Waals surface area contributed by atoms with Crippen molar-refractivity contribution in [1.29, 1.82) is 0 Å². The zero-order valence-electron chi connectivity index (χ0n) is 12.3. The molecule has 4 nitrogen and oxygen atoms in total. The molecule has 0 aliphatic rings. The molecule has 0 atom stereocenters. The van der Waals surface area contributed by atoms with Gasteiger partial charge in [-0.05, 0) is 17.7 Å². The topological polar surface area (TPSA) is 44.1 Å². The Morgan fingerprint density at radius 1 is 1.09 bits per heavy atom. The summed E-state index contributed by atoms with van der Waals surface area (Å²) in [4.78, 5) is 15.9. The number of esters is 1. The van der Waals surface area contributed by atoms with Gasteiger partial charge in [-0.25, -0.2) is 9.78 Å². The number of rotatable bonds is 4. The average molecular weight is 292 g/mol. The van der Waals surface area contributed by atoms with Crippen LogP contribution in [0.15, 0.2) is 67.0 Å². The number of hydrogen-bond donors (Lipinski definition) is 0. The molecule has 0 unspecified atom stereocenters. The van der Waals surface area contributed by atoms with Gasteiger partial charge in [0.2, 0.25) is 0 Å². The molecule has 0 radical (unpaired) electrons. The van der Waals surface area contributed by atoms with E-state index in [1.165, 1.54) is 7.11 Å². The lowest BCUT2D eigenvalue weighted by molar-refractivity contribution is 0.0600. The molecule has 0 bridgehead atoms. The van der Waals surface area contributed by atoms with Crippen LogP contribution < -0.4 is 0 Å². The van der Waals surface area contributed by atoms with Crippen LogP contribution in [0, 0.1) is 0 Å². The van der Waals surface area contributed by atoms with E-state index in [1.54, 1.807) is 18.3 Å². The molecule has 0 fully saturated rings. The van der Waals surface area contributed by atoms with Gasteiger partial charge < -0.3 is 9.30 Å². The van der Waals surface area contributed by atoms with Crippen LogP contribution in [0.3, 0.4) is 0 Å². The highest BCUT2D eigenvalue weighted by molar-refractivity contribution is 5.89. The van der Waals surface area contributed by atoms with Gasteiger partial charge in [0.1, 0.15) is 5.82 Å². The Balaban J connectivity index is 1.83. The Morgan fingerprint density at radius 2 is 1.82 bits per heavy atom. The summed E-state index contributed by atoms with van der Waals surface area (Å²) in [6.45, 7) is 0.700. The zero-order valence-corrected chi connectivity index (χ0v) is 12.3. The van der Waals surface area contributed by atoms with E-state index in [9.17, 15) is 4.79 Å². The highest BCUT2D eigenvalue weighted by Crippen LogP contribution is 2.18. The fourth-order valence-electron chi connectivity index (χ4n) is 2.35. The lowest BCUT2D eigenvalue weighted by atomic mass is 10.1. The van der Waals surface area contributed by atoms with Gasteiger partial charge in [-0.3, -0.25) is 0 Å². The number of methoxy groups -OCH3 is 1. The summed E-state index contributed by atoms with van der Waals surface area (Å²) in [7, 11) is 1.38. The van der Waals surface area contributed by atoms with E-state index in [1.807, 2.05) is 48.7 Å². The maximum absolute atomic E-state index is 11.4. The van der Waals surface area contributed by atoms with Crippen LogP contribution in [0.4, 0.5) is 0 Å². The van der Waals surface area contributed by atoms with E-state index >= 15 is 0 Å². The summed E-state index contributed by atoms with van der Waals surface area (Å²) in [5.74, 6) is 0.608. The summed E-state index contributed by atoms with van der Waals surface area (Å²) >= 11 is 0. The molecule has 1 aromatic heterocycles. The molecule has 3 rings (SSSR count). The number of nitrogens with zero attached hydrogens (tertiary/aromatic N) is 2. The minimum Gasteiger partial charge on any atom is -0.465 e. The van der Waals surface area contributed by atoms with Gasteiger partial charge in [-0.15, -0.1) is 0 Å². The molecule has 110 valence electrons. The maximum Gasteiger partial charge on any atom is 0.337 e. The van der Waals surface area contributed by atoms with Gasteiger partial charge in [-0.1, -0.05) is 42.5 Å². The zero-order chi connectivity index (χ0) is 15.4. The van der Waals surface area contributed by atoms with E-state index in [4.69, 9.17) is 4.74 Å². The van der Waals surface area contributed by atoms with Crippen LogP contribution in [-0.4, -0.2) is 22.6 Å². The minimum atomic E-state index is -0.320. The summed E-state index contributed by atoms with van der Waals surface area (Å²) in [5.41, 5.74) is 2.74. The number of carbonyl (C=O) groups excluding carboxylic acids is 1. The van der Waals surface area contributed by atoms with Crippen LogP contribution in [0.1, 0.15) is 15.9 Å². The summed E-state index contributed by atoms with van der Waals surface area (Å²) in [6.07, 6.45) is 3.75. The van der Waals surface area contributed by atoms with Gasteiger partial charge in [0, 0.05) is 24.5 Å². The van der Waals surface area contributed by atoms with Crippen molar-refractivity contribution in [3.8, 4) is 11.4 Å². The molecule has 0 N–H and O–H groups in total. The lowest BCUT2D eigenvalue weighted by Crippen LogP contribution is -2.03. The third-order valence-corrected chi connectivity index (χ3v) is 3.48. The fraction of sp³-hybridized carbons (Fsp3) is 0.111. The molecular weight excluding hydrogens is 276 g/mol. The molecule has 2 aromatic carbocycles. The van der Waals surface area contributed by atoms with E-state index in [2.05, 4.69) is 9.55 Å². The van der Waals surface area contributed by atoms with Crippen LogP contribution in [0.25, 0.3) is 11.4 Å². The van der Waals surface area contributed by atoms with Crippen molar-refractivity contribution in [3.05, 3.63) is 78.1 Å². The highest BCUT2D eigenvalue weighted by atomic mass is 16.5. The third kappa shape index (κ3) is 2.91. The molecule has 0 aliphatic heterocycles. The predicted molar refractivity (Wildman–Crippen MR) is 84.5 cm³/mol. The van der Waals surface area contributed by atoms with E-state index in [0.717, 1.165) is 17.0 Å². The number of hydrogen-bond acceptors (Lipinski definition) is 3. The van der Waals surface area contributed by atoms with Crippen LogP contribution in [-0.2, 0) is 11.3 Å². The van der Waals surface area contributed by atoms with E-state index in [-0.39, 0.29) is 5.97 Å². The molecule has 0 saturated carbocycles. The minimum absolute atomic E-state index is 0.320. The average Bonchev–Trinajstić information content (AvgIpc) is 3.04. The number of imidazole rings is 1. The molecule has 0 saturated heterocycles. The van der Waals surface area contributed by atoms with Gasteiger partial charge >= 0.3 is 5.97 Å². The first kappa shape index (κ1) is 14.1. The van der Waals surface area contributed by atoms with Crippen molar-refractivity contribution in [2.24, 2.45) is 0 Å². The number of benzene rings is 2.